The Balaban J connectivity index is 1.44. The van der Waals surface area contributed by atoms with Crippen LogP contribution in [-0.2, 0) is 19.1 Å². The summed E-state index contributed by atoms with van der Waals surface area (Å²) in [6.45, 7) is 0.774. The number of benzene rings is 2. The van der Waals surface area contributed by atoms with Gasteiger partial charge in [0, 0.05) is 16.7 Å². The van der Waals surface area contributed by atoms with Crippen molar-refractivity contribution in [2.45, 2.75) is 55.6 Å². The summed E-state index contributed by atoms with van der Waals surface area (Å²) in [4.78, 5) is 26.3. The zero-order chi connectivity index (χ0) is 20.9. The summed E-state index contributed by atoms with van der Waals surface area (Å²) in [6.07, 6.45) is 4.60. The number of ketones is 1. The lowest BCUT2D eigenvalue weighted by atomic mass is 9.71. The van der Waals surface area contributed by atoms with Gasteiger partial charge in [0.2, 0.25) is 0 Å². The normalized spacial score (nSPS) is 30.9. The van der Waals surface area contributed by atoms with Crippen molar-refractivity contribution in [3.05, 3.63) is 58.1 Å². The zero-order valence-corrected chi connectivity index (χ0v) is 18.0. The molecule has 2 heterocycles. The molecule has 0 amide bonds. The van der Waals surface area contributed by atoms with Crippen LogP contribution >= 0.6 is 23.2 Å². The first-order chi connectivity index (χ1) is 14.4. The Hall–Kier alpha value is -1.88. The maximum atomic E-state index is 13.5. The molecule has 1 unspecified atom stereocenters. The molecule has 1 atom stereocenters. The van der Waals surface area contributed by atoms with E-state index in [-0.39, 0.29) is 11.4 Å². The molecule has 0 aromatic heterocycles. The Morgan fingerprint density at radius 2 is 1.57 bits per heavy atom. The quantitative estimate of drug-likeness (QED) is 0.438. The topological polar surface area (TPSA) is 52.6 Å². The Labute approximate surface area is 185 Å². The van der Waals surface area contributed by atoms with Crippen molar-refractivity contribution in [3.8, 4) is 11.1 Å². The van der Waals surface area contributed by atoms with Gasteiger partial charge in [0.1, 0.15) is 5.92 Å². The minimum Gasteiger partial charge on any atom is -0.450 e. The van der Waals surface area contributed by atoms with E-state index in [1.807, 2.05) is 24.3 Å². The first-order valence-corrected chi connectivity index (χ1v) is 11.1. The molecule has 3 aliphatic rings. The molecule has 2 aromatic rings. The van der Waals surface area contributed by atoms with Crippen LogP contribution in [0.5, 0.6) is 0 Å². The number of rotatable bonds is 2. The standard InChI is InChI=1S/C24H22Cl2O4/c25-17-5-2-15(3-6-17)16-4-7-19(26)18(14-16)20-21(27)24(30-22(20)28)11-9-23(10-12-24)8-1-13-29-23/h2-7,14,20H,1,8-13H2. The van der Waals surface area contributed by atoms with E-state index in [1.165, 1.54) is 0 Å². The lowest BCUT2D eigenvalue weighted by molar-refractivity contribution is -0.161. The highest BCUT2D eigenvalue weighted by Crippen LogP contribution is 2.50. The van der Waals surface area contributed by atoms with Gasteiger partial charge in [0.15, 0.2) is 11.4 Å². The minimum absolute atomic E-state index is 0.137. The molecule has 0 radical (unpaired) electrons. The van der Waals surface area contributed by atoms with Crippen LogP contribution in [-0.4, -0.2) is 29.6 Å². The average molecular weight is 445 g/mol. The van der Waals surface area contributed by atoms with Crippen molar-refractivity contribution >= 4 is 35.0 Å². The van der Waals surface area contributed by atoms with Crippen LogP contribution in [0.2, 0.25) is 10.0 Å². The molecule has 4 nitrogen and oxygen atoms in total. The van der Waals surface area contributed by atoms with Gasteiger partial charge in [0.05, 0.1) is 5.60 Å². The summed E-state index contributed by atoms with van der Waals surface area (Å²) < 4.78 is 11.7. The fourth-order valence-electron chi connectivity index (χ4n) is 5.13. The second kappa shape index (κ2) is 7.37. The monoisotopic (exact) mass is 444 g/mol. The third-order valence-electron chi connectivity index (χ3n) is 6.88. The largest absolute Gasteiger partial charge is 0.450 e. The van der Waals surface area contributed by atoms with Crippen LogP contribution in [0.25, 0.3) is 11.1 Å². The number of halogens is 2. The summed E-state index contributed by atoms with van der Waals surface area (Å²) in [5.41, 5.74) is 1.13. The molecule has 1 aliphatic carbocycles. The Kier molecular flexibility index (Phi) is 4.92. The van der Waals surface area contributed by atoms with Gasteiger partial charge in [0.25, 0.3) is 0 Å². The van der Waals surface area contributed by atoms with Gasteiger partial charge in [-0.05, 0) is 79.5 Å². The van der Waals surface area contributed by atoms with Gasteiger partial charge < -0.3 is 9.47 Å². The van der Waals surface area contributed by atoms with E-state index in [0.29, 0.717) is 28.5 Å². The van der Waals surface area contributed by atoms with Crippen molar-refractivity contribution in [2.24, 2.45) is 0 Å². The molecule has 2 spiro atoms. The van der Waals surface area contributed by atoms with Gasteiger partial charge >= 0.3 is 5.97 Å². The van der Waals surface area contributed by atoms with Crippen LogP contribution in [0.1, 0.15) is 50.0 Å². The number of hydrogen-bond donors (Lipinski definition) is 0. The second-order valence-corrected chi connectivity index (χ2v) is 9.43. The van der Waals surface area contributed by atoms with E-state index >= 15 is 0 Å². The Bertz CT molecular complexity index is 998. The Morgan fingerprint density at radius 3 is 2.23 bits per heavy atom. The lowest BCUT2D eigenvalue weighted by Gasteiger charge is -2.40. The number of hydrogen-bond acceptors (Lipinski definition) is 4. The van der Waals surface area contributed by atoms with E-state index in [4.69, 9.17) is 32.7 Å². The molecular formula is C24H22Cl2O4. The van der Waals surface area contributed by atoms with E-state index < -0.39 is 17.5 Å². The number of esters is 1. The molecule has 156 valence electrons. The van der Waals surface area contributed by atoms with Crippen molar-refractivity contribution in [2.75, 3.05) is 6.61 Å². The maximum absolute atomic E-state index is 13.5. The SMILES string of the molecule is O=C1OC2(CCC3(CCCO3)CC2)C(=O)C1c1cc(-c2ccc(Cl)cc2)ccc1Cl. The smallest absolute Gasteiger partial charge is 0.322 e. The minimum atomic E-state index is -1.04. The first kappa shape index (κ1) is 20.0. The summed E-state index contributed by atoms with van der Waals surface area (Å²) in [5, 5.41) is 1.04. The predicted molar refractivity (Wildman–Crippen MR) is 115 cm³/mol. The molecule has 6 heteroatoms. The van der Waals surface area contributed by atoms with Crippen LogP contribution in [0, 0.1) is 0 Å². The number of carbonyl (C=O) groups is 2. The van der Waals surface area contributed by atoms with Crippen molar-refractivity contribution < 1.29 is 19.1 Å². The molecule has 1 saturated carbocycles. The fourth-order valence-corrected chi connectivity index (χ4v) is 5.49. The average Bonchev–Trinajstić information content (AvgIpc) is 3.29. The van der Waals surface area contributed by atoms with Gasteiger partial charge in [-0.15, -0.1) is 0 Å². The maximum Gasteiger partial charge on any atom is 0.322 e. The number of ether oxygens (including phenoxy) is 2. The molecule has 2 aliphatic heterocycles. The predicted octanol–water partition coefficient (Wildman–Crippen LogP) is 5.73. The molecule has 0 bridgehead atoms. The summed E-state index contributed by atoms with van der Waals surface area (Å²) >= 11 is 12.4. The third kappa shape index (κ3) is 3.26. The van der Waals surface area contributed by atoms with Crippen molar-refractivity contribution in [1.29, 1.82) is 0 Å². The van der Waals surface area contributed by atoms with Crippen molar-refractivity contribution in [3.63, 3.8) is 0 Å². The molecular weight excluding hydrogens is 423 g/mol. The van der Waals surface area contributed by atoms with Gasteiger partial charge in [-0.25, -0.2) is 0 Å². The van der Waals surface area contributed by atoms with E-state index in [0.717, 1.165) is 43.4 Å². The molecule has 2 saturated heterocycles. The summed E-state index contributed by atoms with van der Waals surface area (Å²) in [6, 6.07) is 12.8. The Morgan fingerprint density at radius 1 is 0.867 bits per heavy atom. The van der Waals surface area contributed by atoms with E-state index in [1.54, 1.807) is 18.2 Å². The molecule has 3 fully saturated rings. The van der Waals surface area contributed by atoms with Gasteiger partial charge in [-0.3, -0.25) is 9.59 Å². The number of Topliss-reactive ketones (excluding diaryl/α,β-unsaturated/α-hetero) is 1. The number of carbonyl (C=O) groups excluding carboxylic acids is 2. The van der Waals surface area contributed by atoms with E-state index in [2.05, 4.69) is 0 Å². The van der Waals surface area contributed by atoms with Crippen LogP contribution in [0.3, 0.4) is 0 Å². The lowest BCUT2D eigenvalue weighted by Crippen LogP contribution is -2.46. The van der Waals surface area contributed by atoms with Crippen LogP contribution in [0.4, 0.5) is 0 Å². The third-order valence-corrected chi connectivity index (χ3v) is 7.48. The summed E-state index contributed by atoms with van der Waals surface area (Å²) in [7, 11) is 0. The molecule has 0 N–H and O–H groups in total. The highest BCUT2D eigenvalue weighted by Gasteiger charge is 2.59. The van der Waals surface area contributed by atoms with Gasteiger partial charge in [-0.2, -0.15) is 0 Å². The highest BCUT2D eigenvalue weighted by atomic mass is 35.5. The van der Waals surface area contributed by atoms with Crippen molar-refractivity contribution in [1.82, 2.24) is 0 Å². The van der Waals surface area contributed by atoms with E-state index in [9.17, 15) is 9.59 Å². The molecule has 5 rings (SSSR count). The second-order valence-electron chi connectivity index (χ2n) is 8.59. The van der Waals surface area contributed by atoms with Gasteiger partial charge in [-0.1, -0.05) is 41.4 Å². The summed E-state index contributed by atoms with van der Waals surface area (Å²) in [5.74, 6) is -1.66. The highest BCUT2D eigenvalue weighted by molar-refractivity contribution is 6.32. The zero-order valence-electron chi connectivity index (χ0n) is 16.5. The van der Waals surface area contributed by atoms with Crippen LogP contribution < -0.4 is 0 Å². The van der Waals surface area contributed by atoms with Crippen LogP contribution in [0.15, 0.2) is 42.5 Å². The molecule has 2 aromatic carbocycles. The fraction of sp³-hybridized carbons (Fsp3) is 0.417. The molecule has 30 heavy (non-hydrogen) atoms. The first-order valence-electron chi connectivity index (χ1n) is 10.4.